The first kappa shape index (κ1) is 18.9. The largest absolute Gasteiger partial charge is 0.342 e. The van der Waals surface area contributed by atoms with E-state index in [-0.39, 0.29) is 0 Å². The molecule has 1 fully saturated rings. The first-order chi connectivity index (χ1) is 13.1. The molecule has 3 heterocycles. The van der Waals surface area contributed by atoms with Gasteiger partial charge in [-0.05, 0) is 67.5 Å². The molecule has 4 rings (SSSR count). The molecule has 27 heavy (non-hydrogen) atoms. The van der Waals surface area contributed by atoms with Crippen LogP contribution in [0, 0.1) is 5.92 Å². The molecule has 0 saturated carbocycles. The molecule has 1 N–H and O–H groups in total. The Kier molecular flexibility index (Phi) is 5.76. The normalized spacial score (nSPS) is 18.0. The minimum absolute atomic E-state index is 0.467. The third-order valence-electron chi connectivity index (χ3n) is 5.13. The number of halogens is 3. The van der Waals surface area contributed by atoms with Crippen molar-refractivity contribution >= 4 is 51.9 Å². The summed E-state index contributed by atoms with van der Waals surface area (Å²) in [6, 6.07) is 9.52. The van der Waals surface area contributed by atoms with Crippen LogP contribution in [0.25, 0.3) is 11.2 Å². The standard InChI is InChI=1S/C20H21Cl3N4/c21-15-9-14(10-16(22)11-15)5-4-13-3-1-2-8-27(12-13)20-24-17-6-7-18(23)25-19(17)26-20/h6-7,9-11,13H,1-5,8,12H2,(H,24,25,26). The Morgan fingerprint density at radius 2 is 1.85 bits per heavy atom. The van der Waals surface area contributed by atoms with Crippen molar-refractivity contribution in [2.75, 3.05) is 18.0 Å². The van der Waals surface area contributed by atoms with Gasteiger partial charge in [0.2, 0.25) is 5.95 Å². The van der Waals surface area contributed by atoms with Gasteiger partial charge in [0.25, 0.3) is 0 Å². The summed E-state index contributed by atoms with van der Waals surface area (Å²) in [5.41, 5.74) is 2.79. The number of aromatic amines is 1. The SMILES string of the molecule is Clc1cc(Cl)cc(CCC2CCCCN(c3nc4nc(Cl)ccc4[nH]3)C2)c1. The van der Waals surface area contributed by atoms with Crippen molar-refractivity contribution in [1.82, 2.24) is 15.0 Å². The van der Waals surface area contributed by atoms with E-state index < -0.39 is 0 Å². The maximum Gasteiger partial charge on any atom is 0.205 e. The number of anilines is 1. The molecular weight excluding hydrogens is 403 g/mol. The Labute approximate surface area is 173 Å². The number of hydrogen-bond donors (Lipinski definition) is 1. The van der Waals surface area contributed by atoms with Crippen LogP contribution in [0.3, 0.4) is 0 Å². The average Bonchev–Trinajstić information content (AvgIpc) is 2.89. The van der Waals surface area contributed by atoms with Gasteiger partial charge >= 0.3 is 0 Å². The zero-order valence-corrected chi connectivity index (χ0v) is 17.2. The summed E-state index contributed by atoms with van der Waals surface area (Å²) in [5.74, 6) is 1.49. The summed E-state index contributed by atoms with van der Waals surface area (Å²) in [7, 11) is 0. The van der Waals surface area contributed by atoms with Crippen LogP contribution in [0.4, 0.5) is 5.95 Å². The average molecular weight is 424 g/mol. The maximum atomic E-state index is 6.13. The summed E-state index contributed by atoms with van der Waals surface area (Å²) < 4.78 is 0. The lowest BCUT2D eigenvalue weighted by Crippen LogP contribution is -2.29. The molecule has 0 spiro atoms. The molecule has 142 valence electrons. The third kappa shape index (κ3) is 4.68. The molecule has 1 aromatic carbocycles. The summed E-state index contributed by atoms with van der Waals surface area (Å²) in [6.07, 6.45) is 5.73. The van der Waals surface area contributed by atoms with Gasteiger partial charge in [0.1, 0.15) is 5.15 Å². The zero-order chi connectivity index (χ0) is 18.8. The van der Waals surface area contributed by atoms with E-state index in [1.54, 1.807) is 12.1 Å². The Morgan fingerprint density at radius 1 is 1.04 bits per heavy atom. The fourth-order valence-corrected chi connectivity index (χ4v) is 4.50. The van der Waals surface area contributed by atoms with Gasteiger partial charge in [0, 0.05) is 23.1 Å². The molecule has 1 unspecified atom stereocenters. The highest BCUT2D eigenvalue weighted by molar-refractivity contribution is 6.34. The second-order valence-corrected chi connectivity index (χ2v) is 8.45. The number of aryl methyl sites for hydroxylation is 1. The van der Waals surface area contributed by atoms with Gasteiger partial charge < -0.3 is 9.88 Å². The summed E-state index contributed by atoms with van der Waals surface area (Å²) in [5, 5.41) is 1.87. The van der Waals surface area contributed by atoms with E-state index >= 15 is 0 Å². The Hall–Kier alpha value is -1.49. The van der Waals surface area contributed by atoms with Gasteiger partial charge in [-0.2, -0.15) is 4.98 Å². The zero-order valence-electron chi connectivity index (χ0n) is 14.9. The lowest BCUT2D eigenvalue weighted by atomic mass is 9.95. The van der Waals surface area contributed by atoms with Crippen LogP contribution in [-0.2, 0) is 6.42 Å². The fraction of sp³-hybridized carbons (Fsp3) is 0.400. The van der Waals surface area contributed by atoms with E-state index in [2.05, 4.69) is 19.9 Å². The van der Waals surface area contributed by atoms with Crippen LogP contribution in [0.15, 0.2) is 30.3 Å². The van der Waals surface area contributed by atoms with Gasteiger partial charge in [-0.25, -0.2) is 4.98 Å². The quantitative estimate of drug-likeness (QED) is 0.511. The summed E-state index contributed by atoms with van der Waals surface area (Å²) >= 11 is 18.2. The first-order valence-electron chi connectivity index (χ1n) is 9.29. The molecule has 0 bridgehead atoms. The van der Waals surface area contributed by atoms with Crippen LogP contribution < -0.4 is 4.90 Å². The molecule has 1 atom stereocenters. The van der Waals surface area contributed by atoms with E-state index in [4.69, 9.17) is 34.8 Å². The van der Waals surface area contributed by atoms with Crippen LogP contribution in [0.1, 0.15) is 31.2 Å². The minimum Gasteiger partial charge on any atom is -0.342 e. The summed E-state index contributed by atoms with van der Waals surface area (Å²) in [6.45, 7) is 1.99. The van der Waals surface area contributed by atoms with E-state index in [9.17, 15) is 0 Å². The molecule has 1 aliphatic heterocycles. The fourth-order valence-electron chi connectivity index (χ4n) is 3.79. The van der Waals surface area contributed by atoms with Crippen molar-refractivity contribution < 1.29 is 0 Å². The van der Waals surface area contributed by atoms with Crippen molar-refractivity contribution in [2.45, 2.75) is 32.1 Å². The van der Waals surface area contributed by atoms with Gasteiger partial charge in [-0.3, -0.25) is 0 Å². The van der Waals surface area contributed by atoms with Crippen LogP contribution in [-0.4, -0.2) is 28.0 Å². The molecule has 1 aliphatic rings. The van der Waals surface area contributed by atoms with Crippen LogP contribution in [0.2, 0.25) is 15.2 Å². The third-order valence-corrected chi connectivity index (χ3v) is 5.78. The number of pyridine rings is 1. The molecule has 0 radical (unpaired) electrons. The number of imidazole rings is 1. The highest BCUT2D eigenvalue weighted by Crippen LogP contribution is 2.27. The number of aromatic nitrogens is 3. The molecule has 4 nitrogen and oxygen atoms in total. The number of nitrogens with zero attached hydrogens (tertiary/aromatic N) is 3. The number of H-pyrrole nitrogens is 1. The van der Waals surface area contributed by atoms with E-state index in [1.807, 2.05) is 18.2 Å². The van der Waals surface area contributed by atoms with E-state index in [1.165, 1.54) is 24.8 Å². The predicted octanol–water partition coefficient (Wildman–Crippen LogP) is 6.16. The minimum atomic E-state index is 0.467. The summed E-state index contributed by atoms with van der Waals surface area (Å²) in [4.78, 5) is 14.7. The molecular formula is C20H21Cl3N4. The molecule has 1 saturated heterocycles. The second-order valence-electron chi connectivity index (χ2n) is 7.19. The first-order valence-corrected chi connectivity index (χ1v) is 10.4. The lowest BCUT2D eigenvalue weighted by molar-refractivity contribution is 0.461. The molecule has 2 aromatic heterocycles. The Balaban J connectivity index is 1.46. The Morgan fingerprint density at radius 3 is 2.67 bits per heavy atom. The van der Waals surface area contributed by atoms with E-state index in [0.29, 0.717) is 26.8 Å². The number of fused-ring (bicyclic) bond motifs is 1. The predicted molar refractivity (Wildman–Crippen MR) is 113 cm³/mol. The topological polar surface area (TPSA) is 44.8 Å². The second kappa shape index (κ2) is 8.26. The number of nitrogens with one attached hydrogen (secondary N) is 1. The van der Waals surface area contributed by atoms with Crippen molar-refractivity contribution in [2.24, 2.45) is 5.92 Å². The number of hydrogen-bond acceptors (Lipinski definition) is 3. The molecule has 0 amide bonds. The molecule has 3 aromatic rings. The van der Waals surface area contributed by atoms with Gasteiger partial charge in [-0.15, -0.1) is 0 Å². The van der Waals surface area contributed by atoms with Crippen molar-refractivity contribution in [3.8, 4) is 0 Å². The Bertz CT molecular complexity index is 920. The van der Waals surface area contributed by atoms with Gasteiger partial charge in [0.15, 0.2) is 5.65 Å². The van der Waals surface area contributed by atoms with E-state index in [0.717, 1.165) is 37.4 Å². The molecule has 0 aliphatic carbocycles. The number of rotatable bonds is 4. The lowest BCUT2D eigenvalue weighted by Gasteiger charge is -2.24. The van der Waals surface area contributed by atoms with Gasteiger partial charge in [-0.1, -0.05) is 41.2 Å². The van der Waals surface area contributed by atoms with Gasteiger partial charge in [0.05, 0.1) is 5.52 Å². The maximum absolute atomic E-state index is 6.13. The van der Waals surface area contributed by atoms with Crippen molar-refractivity contribution in [1.29, 1.82) is 0 Å². The van der Waals surface area contributed by atoms with Crippen molar-refractivity contribution in [3.05, 3.63) is 51.1 Å². The highest BCUT2D eigenvalue weighted by atomic mass is 35.5. The van der Waals surface area contributed by atoms with Crippen LogP contribution in [0.5, 0.6) is 0 Å². The molecule has 7 heteroatoms. The smallest absolute Gasteiger partial charge is 0.205 e. The highest BCUT2D eigenvalue weighted by Gasteiger charge is 2.21. The van der Waals surface area contributed by atoms with Crippen molar-refractivity contribution in [3.63, 3.8) is 0 Å². The number of benzene rings is 1. The monoisotopic (exact) mass is 422 g/mol. The van der Waals surface area contributed by atoms with Crippen LogP contribution >= 0.6 is 34.8 Å².